The van der Waals surface area contributed by atoms with E-state index >= 15 is 0 Å². The van der Waals surface area contributed by atoms with Crippen LogP contribution in [-0.4, -0.2) is 48.3 Å². The lowest BCUT2D eigenvalue weighted by molar-refractivity contribution is -0.150. The standard InChI is InChI=1S/C22H24N2O3S/c25-22(11-10-21-23-19-8-4-5-9-20(19)28-21)27-16-18-15-24(12-13-26-18)14-17-6-2-1-3-7-17/h1-9,18H,10-16H2. The van der Waals surface area contributed by atoms with Gasteiger partial charge in [-0.3, -0.25) is 9.69 Å². The maximum Gasteiger partial charge on any atom is 0.306 e. The normalized spacial score (nSPS) is 17.6. The van der Waals surface area contributed by atoms with Crippen LogP contribution in [0.5, 0.6) is 0 Å². The van der Waals surface area contributed by atoms with Crippen LogP contribution in [0, 0.1) is 0 Å². The van der Waals surface area contributed by atoms with Gasteiger partial charge in [0.2, 0.25) is 0 Å². The number of esters is 1. The summed E-state index contributed by atoms with van der Waals surface area (Å²) in [5.41, 5.74) is 2.28. The molecule has 1 saturated heterocycles. The molecule has 0 bridgehead atoms. The van der Waals surface area contributed by atoms with Gasteiger partial charge in [0, 0.05) is 26.1 Å². The number of hydrogen-bond acceptors (Lipinski definition) is 6. The quantitative estimate of drug-likeness (QED) is 0.571. The highest BCUT2D eigenvalue weighted by Crippen LogP contribution is 2.22. The first kappa shape index (κ1) is 19.1. The molecule has 3 aromatic rings. The molecule has 4 rings (SSSR count). The summed E-state index contributed by atoms with van der Waals surface area (Å²) in [7, 11) is 0. The Morgan fingerprint density at radius 2 is 2.00 bits per heavy atom. The number of hydrogen-bond donors (Lipinski definition) is 0. The smallest absolute Gasteiger partial charge is 0.306 e. The molecule has 0 radical (unpaired) electrons. The molecule has 5 nitrogen and oxygen atoms in total. The number of nitrogens with zero attached hydrogens (tertiary/aromatic N) is 2. The van der Waals surface area contributed by atoms with Crippen LogP contribution in [0.3, 0.4) is 0 Å². The van der Waals surface area contributed by atoms with Gasteiger partial charge < -0.3 is 9.47 Å². The summed E-state index contributed by atoms with van der Waals surface area (Å²) in [5, 5.41) is 0.973. The molecule has 1 atom stereocenters. The fraction of sp³-hybridized carbons (Fsp3) is 0.364. The largest absolute Gasteiger partial charge is 0.463 e. The fourth-order valence-corrected chi connectivity index (χ4v) is 4.33. The molecule has 6 heteroatoms. The summed E-state index contributed by atoms with van der Waals surface area (Å²) in [6.07, 6.45) is 0.897. The van der Waals surface area contributed by atoms with Gasteiger partial charge in [0.15, 0.2) is 0 Å². The lowest BCUT2D eigenvalue weighted by Crippen LogP contribution is -2.44. The summed E-state index contributed by atoms with van der Waals surface area (Å²) < 4.78 is 12.4. The molecule has 2 aromatic carbocycles. The van der Waals surface area contributed by atoms with Crippen molar-refractivity contribution in [2.24, 2.45) is 0 Å². The van der Waals surface area contributed by atoms with E-state index in [9.17, 15) is 4.79 Å². The number of rotatable bonds is 7. The van der Waals surface area contributed by atoms with Gasteiger partial charge in [0.05, 0.1) is 28.3 Å². The molecule has 0 spiro atoms. The third-order valence-corrected chi connectivity index (χ3v) is 5.88. The van der Waals surface area contributed by atoms with Crippen molar-refractivity contribution in [3.05, 3.63) is 65.2 Å². The molecule has 0 amide bonds. The molecule has 1 unspecified atom stereocenters. The van der Waals surface area contributed by atoms with Crippen molar-refractivity contribution < 1.29 is 14.3 Å². The molecule has 1 aromatic heterocycles. The van der Waals surface area contributed by atoms with Gasteiger partial charge in [0.1, 0.15) is 12.7 Å². The van der Waals surface area contributed by atoms with Crippen molar-refractivity contribution in [2.75, 3.05) is 26.3 Å². The van der Waals surface area contributed by atoms with E-state index in [0.717, 1.165) is 34.9 Å². The Hall–Kier alpha value is -2.28. The summed E-state index contributed by atoms with van der Waals surface area (Å²) in [4.78, 5) is 19.0. The SMILES string of the molecule is O=C(CCc1nc2ccccc2s1)OCC1CN(Cc2ccccc2)CCO1. The second-order valence-electron chi connectivity index (χ2n) is 6.97. The molecular formula is C22H24N2O3S. The van der Waals surface area contributed by atoms with Gasteiger partial charge in [-0.25, -0.2) is 4.98 Å². The Bertz CT molecular complexity index is 879. The maximum absolute atomic E-state index is 12.1. The molecule has 1 aliphatic rings. The first-order valence-electron chi connectivity index (χ1n) is 9.64. The first-order valence-corrected chi connectivity index (χ1v) is 10.5. The Morgan fingerprint density at radius 1 is 1.18 bits per heavy atom. The highest BCUT2D eigenvalue weighted by Gasteiger charge is 2.22. The number of carbonyl (C=O) groups excluding carboxylic acids is 1. The highest BCUT2D eigenvalue weighted by molar-refractivity contribution is 7.18. The first-order chi connectivity index (χ1) is 13.8. The highest BCUT2D eigenvalue weighted by atomic mass is 32.1. The predicted octanol–water partition coefficient (Wildman–Crippen LogP) is 3.67. The van der Waals surface area contributed by atoms with Crippen molar-refractivity contribution in [2.45, 2.75) is 25.5 Å². The van der Waals surface area contributed by atoms with Gasteiger partial charge in [-0.2, -0.15) is 0 Å². The van der Waals surface area contributed by atoms with E-state index in [1.165, 1.54) is 5.56 Å². The van der Waals surface area contributed by atoms with Crippen molar-refractivity contribution >= 4 is 27.5 Å². The summed E-state index contributed by atoms with van der Waals surface area (Å²) in [5.74, 6) is -0.192. The minimum absolute atomic E-state index is 0.0659. The van der Waals surface area contributed by atoms with Crippen molar-refractivity contribution in [3.8, 4) is 0 Å². The van der Waals surface area contributed by atoms with E-state index in [1.54, 1.807) is 11.3 Å². The van der Waals surface area contributed by atoms with Crippen LogP contribution >= 0.6 is 11.3 Å². The summed E-state index contributed by atoms with van der Waals surface area (Å²) in [6.45, 7) is 3.55. The fourth-order valence-electron chi connectivity index (χ4n) is 3.36. The van der Waals surface area contributed by atoms with Gasteiger partial charge in [-0.05, 0) is 17.7 Å². The van der Waals surface area contributed by atoms with Crippen LogP contribution in [0.1, 0.15) is 17.0 Å². The Morgan fingerprint density at radius 3 is 2.86 bits per heavy atom. The maximum atomic E-state index is 12.1. The molecule has 2 heterocycles. The molecule has 1 aliphatic heterocycles. The minimum atomic E-state index is -0.192. The molecule has 0 N–H and O–H groups in total. The third kappa shape index (κ3) is 5.16. The summed E-state index contributed by atoms with van der Waals surface area (Å²) in [6, 6.07) is 18.4. The molecular weight excluding hydrogens is 372 g/mol. The average Bonchev–Trinajstić information content (AvgIpc) is 3.15. The Balaban J connectivity index is 1.20. The number of ether oxygens (including phenoxy) is 2. The topological polar surface area (TPSA) is 51.7 Å². The zero-order valence-corrected chi connectivity index (χ0v) is 16.6. The van der Waals surface area contributed by atoms with Crippen LogP contribution in [0.15, 0.2) is 54.6 Å². The number of aryl methyl sites for hydroxylation is 1. The van der Waals surface area contributed by atoms with Crippen LogP contribution in [0.25, 0.3) is 10.2 Å². The second kappa shape index (κ2) is 9.28. The average molecular weight is 397 g/mol. The van der Waals surface area contributed by atoms with E-state index in [0.29, 0.717) is 26.1 Å². The minimum Gasteiger partial charge on any atom is -0.463 e. The number of carbonyl (C=O) groups is 1. The monoisotopic (exact) mass is 396 g/mol. The van der Waals surface area contributed by atoms with Crippen LogP contribution in [0.4, 0.5) is 0 Å². The van der Waals surface area contributed by atoms with E-state index in [1.807, 2.05) is 24.3 Å². The van der Waals surface area contributed by atoms with Crippen molar-refractivity contribution in [1.29, 1.82) is 0 Å². The van der Waals surface area contributed by atoms with E-state index in [4.69, 9.17) is 9.47 Å². The van der Waals surface area contributed by atoms with E-state index < -0.39 is 0 Å². The Kier molecular flexibility index (Phi) is 6.31. The third-order valence-electron chi connectivity index (χ3n) is 4.78. The van der Waals surface area contributed by atoms with Crippen LogP contribution in [-0.2, 0) is 27.2 Å². The number of para-hydroxylation sites is 1. The molecule has 0 saturated carbocycles. The van der Waals surface area contributed by atoms with E-state index in [2.05, 4.69) is 40.2 Å². The lowest BCUT2D eigenvalue weighted by Gasteiger charge is -2.32. The number of morpholine rings is 1. The lowest BCUT2D eigenvalue weighted by atomic mass is 10.2. The molecule has 146 valence electrons. The van der Waals surface area contributed by atoms with Crippen LogP contribution in [0.2, 0.25) is 0 Å². The van der Waals surface area contributed by atoms with Gasteiger partial charge >= 0.3 is 5.97 Å². The molecule has 0 aliphatic carbocycles. The predicted molar refractivity (Wildman–Crippen MR) is 110 cm³/mol. The number of benzene rings is 2. The van der Waals surface area contributed by atoms with Gasteiger partial charge in [-0.1, -0.05) is 42.5 Å². The molecule has 28 heavy (non-hydrogen) atoms. The van der Waals surface area contributed by atoms with Crippen molar-refractivity contribution in [3.63, 3.8) is 0 Å². The molecule has 1 fully saturated rings. The number of aromatic nitrogens is 1. The Labute approximate surface area is 168 Å². The zero-order chi connectivity index (χ0) is 19.2. The van der Waals surface area contributed by atoms with Gasteiger partial charge in [-0.15, -0.1) is 11.3 Å². The number of thiazole rings is 1. The number of fused-ring (bicyclic) bond motifs is 1. The van der Waals surface area contributed by atoms with Gasteiger partial charge in [0.25, 0.3) is 0 Å². The zero-order valence-electron chi connectivity index (χ0n) is 15.8. The van der Waals surface area contributed by atoms with Crippen molar-refractivity contribution in [1.82, 2.24) is 9.88 Å². The van der Waals surface area contributed by atoms with Crippen LogP contribution < -0.4 is 0 Å². The van der Waals surface area contributed by atoms with E-state index in [-0.39, 0.29) is 12.1 Å². The second-order valence-corrected chi connectivity index (χ2v) is 8.09. The summed E-state index contributed by atoms with van der Waals surface area (Å²) >= 11 is 1.64.